The van der Waals surface area contributed by atoms with Gasteiger partial charge in [-0.1, -0.05) is 32.4 Å². The predicted molar refractivity (Wildman–Crippen MR) is 49.4 cm³/mol. The van der Waals surface area contributed by atoms with Crippen molar-refractivity contribution in [1.29, 1.82) is 0 Å². The molecule has 0 aromatic rings. The zero-order valence-corrected chi connectivity index (χ0v) is 7.55. The highest BCUT2D eigenvalue weighted by Crippen LogP contribution is 1.98. The molecule has 1 heteroatoms. The van der Waals surface area contributed by atoms with Crippen molar-refractivity contribution in [3.63, 3.8) is 0 Å². The number of hydrogen-bond donors (Lipinski definition) is 0. The minimum atomic E-state index is 0.171. The smallest absolute Gasteiger partial charge is 0.113 e. The number of hydrogen-bond acceptors (Lipinski definition) is 1. The van der Waals surface area contributed by atoms with Gasteiger partial charge in [-0.2, -0.15) is 0 Å². The molecule has 0 aliphatic heterocycles. The van der Waals surface area contributed by atoms with Crippen LogP contribution in [0.15, 0.2) is 25.0 Å². The van der Waals surface area contributed by atoms with Crippen molar-refractivity contribution in [2.75, 3.05) is 0 Å². The van der Waals surface area contributed by atoms with Gasteiger partial charge in [-0.15, -0.1) is 0 Å². The summed E-state index contributed by atoms with van der Waals surface area (Å²) in [5.74, 6) is 0. The van der Waals surface area contributed by atoms with Gasteiger partial charge < -0.3 is 4.74 Å². The van der Waals surface area contributed by atoms with E-state index in [1.165, 1.54) is 19.1 Å². The maximum Gasteiger partial charge on any atom is 0.113 e. The molecule has 0 saturated carbocycles. The summed E-state index contributed by atoms with van der Waals surface area (Å²) in [4.78, 5) is 0. The van der Waals surface area contributed by atoms with Gasteiger partial charge in [0.1, 0.15) is 6.10 Å². The Labute approximate surface area is 69.8 Å². The topological polar surface area (TPSA) is 9.23 Å². The largest absolute Gasteiger partial charge is 0.495 e. The maximum atomic E-state index is 5.10. The Kier molecular flexibility index (Phi) is 6.90. The molecule has 0 bridgehead atoms. The van der Waals surface area contributed by atoms with Crippen LogP contribution in [-0.2, 0) is 4.74 Å². The van der Waals surface area contributed by atoms with Crippen molar-refractivity contribution in [2.24, 2.45) is 0 Å². The number of ether oxygens (including phenoxy) is 1. The first-order valence-corrected chi connectivity index (χ1v) is 4.24. The molecule has 0 aliphatic rings. The molecule has 1 atom stereocenters. The van der Waals surface area contributed by atoms with Gasteiger partial charge in [0, 0.05) is 0 Å². The highest BCUT2D eigenvalue weighted by Gasteiger charge is 1.89. The maximum absolute atomic E-state index is 5.10. The molecular formula is C10H18O. The lowest BCUT2D eigenvalue weighted by Gasteiger charge is -2.03. The average Bonchev–Trinajstić information content (AvgIpc) is 1.99. The molecule has 0 N–H and O–H groups in total. The molecular weight excluding hydrogens is 136 g/mol. The Balaban J connectivity index is 3.31. The zero-order valence-electron chi connectivity index (χ0n) is 7.55. The van der Waals surface area contributed by atoms with Crippen molar-refractivity contribution >= 4 is 0 Å². The van der Waals surface area contributed by atoms with E-state index >= 15 is 0 Å². The van der Waals surface area contributed by atoms with Gasteiger partial charge >= 0.3 is 0 Å². The fourth-order valence-corrected chi connectivity index (χ4v) is 0.807. The molecule has 0 saturated heterocycles. The lowest BCUT2D eigenvalue weighted by Crippen LogP contribution is -1.97. The second-order valence-electron chi connectivity index (χ2n) is 2.58. The van der Waals surface area contributed by atoms with Gasteiger partial charge in [-0.05, 0) is 19.4 Å². The van der Waals surface area contributed by atoms with Crippen molar-refractivity contribution < 1.29 is 4.74 Å². The standard InChI is InChI=1S/C10H18O/c1-4-6-7-8-9-10(3)11-5-2/h5,8-10H,2,4,6-7H2,1,3H3/b9-8+. The average molecular weight is 154 g/mol. The molecule has 0 spiro atoms. The van der Waals surface area contributed by atoms with Crippen molar-refractivity contribution in [2.45, 2.75) is 39.2 Å². The van der Waals surface area contributed by atoms with Crippen LogP contribution in [0, 0.1) is 0 Å². The van der Waals surface area contributed by atoms with Crippen molar-refractivity contribution in [3.05, 3.63) is 25.0 Å². The Hall–Kier alpha value is -0.720. The van der Waals surface area contributed by atoms with Crippen molar-refractivity contribution in [3.8, 4) is 0 Å². The Morgan fingerprint density at radius 1 is 1.55 bits per heavy atom. The third-order valence-electron chi connectivity index (χ3n) is 1.44. The van der Waals surface area contributed by atoms with Crippen LogP contribution < -0.4 is 0 Å². The van der Waals surface area contributed by atoms with E-state index in [1.807, 2.05) is 6.92 Å². The molecule has 0 amide bonds. The summed E-state index contributed by atoms with van der Waals surface area (Å²) in [6.07, 6.45) is 9.55. The second-order valence-corrected chi connectivity index (χ2v) is 2.58. The fourth-order valence-electron chi connectivity index (χ4n) is 0.807. The summed E-state index contributed by atoms with van der Waals surface area (Å²) in [5, 5.41) is 0. The molecule has 0 aliphatic carbocycles. The van der Waals surface area contributed by atoms with E-state index in [9.17, 15) is 0 Å². The molecule has 0 aromatic heterocycles. The van der Waals surface area contributed by atoms with Crippen molar-refractivity contribution in [1.82, 2.24) is 0 Å². The lowest BCUT2D eigenvalue weighted by molar-refractivity contribution is 0.205. The normalized spacial score (nSPS) is 13.3. The van der Waals surface area contributed by atoms with Crippen LogP contribution in [0.3, 0.4) is 0 Å². The van der Waals surface area contributed by atoms with Crippen LogP contribution >= 0.6 is 0 Å². The van der Waals surface area contributed by atoms with Gasteiger partial charge in [0.2, 0.25) is 0 Å². The SMILES string of the molecule is C=COC(C)/C=C/CCCC. The van der Waals surface area contributed by atoms with Gasteiger partial charge in [0.15, 0.2) is 0 Å². The summed E-state index contributed by atoms with van der Waals surface area (Å²) in [7, 11) is 0. The van der Waals surface area contributed by atoms with Crippen LogP contribution in [0.1, 0.15) is 33.1 Å². The molecule has 0 rings (SSSR count). The van der Waals surface area contributed by atoms with E-state index < -0.39 is 0 Å². The van der Waals surface area contributed by atoms with Crippen LogP contribution in [0.5, 0.6) is 0 Å². The summed E-state index contributed by atoms with van der Waals surface area (Å²) < 4.78 is 5.10. The summed E-state index contributed by atoms with van der Waals surface area (Å²) in [6.45, 7) is 7.69. The molecule has 0 radical (unpaired) electrons. The van der Waals surface area contributed by atoms with Gasteiger partial charge in [0.05, 0.1) is 6.26 Å². The molecule has 0 heterocycles. The molecule has 1 nitrogen and oxygen atoms in total. The third kappa shape index (κ3) is 7.17. The Morgan fingerprint density at radius 3 is 2.82 bits per heavy atom. The van der Waals surface area contributed by atoms with Gasteiger partial charge in [0.25, 0.3) is 0 Å². The monoisotopic (exact) mass is 154 g/mol. The lowest BCUT2D eigenvalue weighted by atomic mass is 10.2. The second kappa shape index (κ2) is 7.39. The first-order chi connectivity index (χ1) is 5.31. The highest BCUT2D eigenvalue weighted by molar-refractivity contribution is 4.87. The first-order valence-electron chi connectivity index (χ1n) is 4.24. The number of unbranched alkanes of at least 4 members (excludes halogenated alkanes) is 2. The molecule has 0 fully saturated rings. The highest BCUT2D eigenvalue weighted by atomic mass is 16.5. The summed E-state index contributed by atoms with van der Waals surface area (Å²) in [6, 6.07) is 0. The summed E-state index contributed by atoms with van der Waals surface area (Å²) >= 11 is 0. The van der Waals surface area contributed by atoms with Gasteiger partial charge in [-0.3, -0.25) is 0 Å². The fraction of sp³-hybridized carbons (Fsp3) is 0.600. The molecule has 0 aromatic carbocycles. The zero-order chi connectivity index (χ0) is 8.53. The van der Waals surface area contributed by atoms with E-state index in [-0.39, 0.29) is 6.10 Å². The Bertz CT molecular complexity index is 116. The molecule has 1 unspecified atom stereocenters. The number of allylic oxidation sites excluding steroid dienone is 1. The predicted octanol–water partition coefficient (Wildman–Crippen LogP) is 3.28. The van der Waals surface area contributed by atoms with Crippen LogP contribution in [0.25, 0.3) is 0 Å². The minimum Gasteiger partial charge on any atom is -0.495 e. The minimum absolute atomic E-state index is 0.171. The Morgan fingerprint density at radius 2 is 2.27 bits per heavy atom. The number of rotatable bonds is 6. The van der Waals surface area contributed by atoms with Crippen LogP contribution in [0.4, 0.5) is 0 Å². The molecule has 11 heavy (non-hydrogen) atoms. The van der Waals surface area contributed by atoms with Crippen LogP contribution in [-0.4, -0.2) is 6.10 Å². The van der Waals surface area contributed by atoms with E-state index in [1.54, 1.807) is 0 Å². The third-order valence-corrected chi connectivity index (χ3v) is 1.44. The van der Waals surface area contributed by atoms with E-state index in [0.717, 1.165) is 6.42 Å². The summed E-state index contributed by atoms with van der Waals surface area (Å²) in [5.41, 5.74) is 0. The van der Waals surface area contributed by atoms with Crippen LogP contribution in [0.2, 0.25) is 0 Å². The van der Waals surface area contributed by atoms with Gasteiger partial charge in [-0.25, -0.2) is 0 Å². The molecule has 64 valence electrons. The van der Waals surface area contributed by atoms with E-state index in [0.29, 0.717) is 0 Å². The van der Waals surface area contributed by atoms with E-state index in [4.69, 9.17) is 4.74 Å². The van der Waals surface area contributed by atoms with E-state index in [2.05, 4.69) is 25.7 Å². The first kappa shape index (κ1) is 10.3. The quantitative estimate of drug-likeness (QED) is 0.324.